The quantitative estimate of drug-likeness (QED) is 0.115. The molecule has 2 aromatic heterocycles. The smallest absolute Gasteiger partial charge is 0.354 e. The third kappa shape index (κ3) is 7.82. The van der Waals surface area contributed by atoms with E-state index in [2.05, 4.69) is 20.4 Å². The number of rotatable bonds is 12. The Kier molecular flexibility index (Phi) is 9.68. The third-order valence-electron chi connectivity index (χ3n) is 9.00. The third-order valence-corrected chi connectivity index (χ3v) is 9.00. The molecule has 1 fully saturated rings. The molecular formula is C35H29F10N5O2. The molecule has 2 aromatic carbocycles. The molecule has 0 saturated heterocycles. The van der Waals surface area contributed by atoms with E-state index >= 15 is 8.78 Å². The molecule has 0 radical (unpaired) electrons. The molecule has 2 aliphatic carbocycles. The summed E-state index contributed by atoms with van der Waals surface area (Å²) in [5.74, 6) is -13.8. The largest absolute Gasteiger partial charge is 0.435 e. The van der Waals surface area contributed by atoms with Gasteiger partial charge in [-0.1, -0.05) is 6.07 Å². The van der Waals surface area contributed by atoms with Crippen molar-refractivity contribution >= 4 is 17.5 Å². The van der Waals surface area contributed by atoms with E-state index in [0.717, 1.165) is 38.0 Å². The molecule has 4 aromatic rings. The molecule has 6 rings (SSSR count). The number of aromatic nitrogens is 4. The maximum atomic E-state index is 15.1. The lowest BCUT2D eigenvalue weighted by atomic mass is 9.86. The Labute approximate surface area is 289 Å². The van der Waals surface area contributed by atoms with Crippen LogP contribution in [0.1, 0.15) is 83.5 Å². The number of carbonyl (C=O) groups excluding carboxylic acids is 2. The molecule has 17 heteroatoms. The van der Waals surface area contributed by atoms with Crippen molar-refractivity contribution < 1.29 is 53.5 Å². The van der Waals surface area contributed by atoms with Crippen LogP contribution >= 0.6 is 0 Å². The zero-order valence-corrected chi connectivity index (χ0v) is 27.2. The van der Waals surface area contributed by atoms with Crippen LogP contribution in [0.15, 0.2) is 42.6 Å². The van der Waals surface area contributed by atoms with Crippen molar-refractivity contribution in [2.45, 2.75) is 75.9 Å². The van der Waals surface area contributed by atoms with E-state index in [1.54, 1.807) is 0 Å². The second-order valence-corrected chi connectivity index (χ2v) is 13.1. The van der Waals surface area contributed by atoms with Crippen LogP contribution in [0.4, 0.5) is 49.9 Å². The summed E-state index contributed by atoms with van der Waals surface area (Å²) in [4.78, 5) is 34.7. The number of nitrogens with zero attached hydrogens (tertiary/aromatic N) is 4. The first-order chi connectivity index (χ1) is 24.3. The second kappa shape index (κ2) is 13.6. The topological polar surface area (TPSA) is 89.8 Å². The molecule has 0 spiro atoms. The van der Waals surface area contributed by atoms with Gasteiger partial charge in [0.2, 0.25) is 5.95 Å². The van der Waals surface area contributed by atoms with E-state index < -0.39 is 95.7 Å². The van der Waals surface area contributed by atoms with Gasteiger partial charge in [0.25, 0.3) is 11.8 Å². The number of Topliss-reactive ketones (excluding diaryl/α,β-unsaturated/α-hetero) is 2. The number of anilines is 1. The van der Waals surface area contributed by atoms with Gasteiger partial charge in [0.15, 0.2) is 17.3 Å². The zero-order valence-electron chi connectivity index (χ0n) is 27.2. The van der Waals surface area contributed by atoms with Crippen LogP contribution < -0.4 is 5.32 Å². The molecule has 1 N–H and O–H groups in total. The Bertz CT molecular complexity index is 2020. The van der Waals surface area contributed by atoms with Gasteiger partial charge in [0.05, 0.1) is 16.8 Å². The van der Waals surface area contributed by atoms with Crippen molar-refractivity contribution in [3.8, 4) is 11.1 Å². The number of carbonyl (C=O) groups is 2. The van der Waals surface area contributed by atoms with Gasteiger partial charge in [0.1, 0.15) is 29.7 Å². The van der Waals surface area contributed by atoms with E-state index in [4.69, 9.17) is 0 Å². The van der Waals surface area contributed by atoms with Crippen LogP contribution in [0, 0.1) is 23.4 Å². The van der Waals surface area contributed by atoms with Crippen LogP contribution in [0.5, 0.6) is 0 Å². The standard InChI is InChI=1S/C35H29F10N5O2/c1-17(51)25-12-20(4-5-27(25)38)26-15-47-32(46-14-18-2-3-18)48-29(26)21(8-19-9-22(36)13-23(37)10-19)11-24(52)16-50-31-28(30(49-50)35(43,44)45)33(39,40)6-7-34(31,41)42/h4-5,9-10,12-13,15,18,21H,2-3,6-8,11,14,16H2,1H3,(H,46,47,48)/t21-/m1/s1. The monoisotopic (exact) mass is 741 g/mol. The van der Waals surface area contributed by atoms with Gasteiger partial charge in [-0.15, -0.1) is 0 Å². The molecule has 0 amide bonds. The first-order valence-electron chi connectivity index (χ1n) is 16.2. The van der Waals surface area contributed by atoms with E-state index in [0.29, 0.717) is 18.5 Å². The minimum absolute atomic E-state index is 0.00196. The highest BCUT2D eigenvalue weighted by molar-refractivity contribution is 5.95. The highest BCUT2D eigenvalue weighted by atomic mass is 19.4. The summed E-state index contributed by atoms with van der Waals surface area (Å²) in [5, 5.41) is 6.10. The Morgan fingerprint density at radius 2 is 1.65 bits per heavy atom. The lowest BCUT2D eigenvalue weighted by molar-refractivity contribution is -0.149. The van der Waals surface area contributed by atoms with Crippen molar-refractivity contribution in [3.63, 3.8) is 0 Å². The molecule has 52 heavy (non-hydrogen) atoms. The van der Waals surface area contributed by atoms with Gasteiger partial charge in [-0.2, -0.15) is 27.1 Å². The number of benzene rings is 2. The first-order valence-corrected chi connectivity index (χ1v) is 16.2. The highest BCUT2D eigenvalue weighted by Crippen LogP contribution is 2.53. The predicted octanol–water partition coefficient (Wildman–Crippen LogP) is 8.76. The fourth-order valence-corrected chi connectivity index (χ4v) is 6.37. The van der Waals surface area contributed by atoms with Crippen LogP contribution in [-0.4, -0.2) is 37.9 Å². The van der Waals surface area contributed by atoms with Gasteiger partial charge < -0.3 is 5.32 Å². The Balaban J connectivity index is 1.45. The lowest BCUT2D eigenvalue weighted by Crippen LogP contribution is -2.34. The fraction of sp³-hybridized carbons (Fsp3) is 0.400. The predicted molar refractivity (Wildman–Crippen MR) is 165 cm³/mol. The first kappa shape index (κ1) is 36.9. The number of hydrogen-bond donors (Lipinski definition) is 1. The van der Waals surface area contributed by atoms with Crippen LogP contribution in [-0.2, 0) is 35.8 Å². The van der Waals surface area contributed by atoms with Gasteiger partial charge in [-0.3, -0.25) is 14.3 Å². The van der Waals surface area contributed by atoms with E-state index in [1.165, 1.54) is 18.3 Å². The molecular weight excluding hydrogens is 712 g/mol. The van der Waals surface area contributed by atoms with E-state index in [1.807, 2.05) is 0 Å². The van der Waals surface area contributed by atoms with Crippen molar-refractivity contribution in [3.05, 3.63) is 93.8 Å². The average molecular weight is 742 g/mol. The molecule has 1 saturated carbocycles. The number of nitrogens with one attached hydrogen (secondary N) is 1. The van der Waals surface area contributed by atoms with Crippen LogP contribution in [0.2, 0.25) is 0 Å². The molecule has 276 valence electrons. The van der Waals surface area contributed by atoms with Gasteiger partial charge in [-0.25, -0.2) is 31.9 Å². The Morgan fingerprint density at radius 1 is 0.981 bits per heavy atom. The van der Waals surface area contributed by atoms with Crippen molar-refractivity contribution in [2.24, 2.45) is 5.92 Å². The fourth-order valence-electron chi connectivity index (χ4n) is 6.37. The summed E-state index contributed by atoms with van der Waals surface area (Å²) >= 11 is 0. The molecule has 2 heterocycles. The molecule has 7 nitrogen and oxygen atoms in total. The summed E-state index contributed by atoms with van der Waals surface area (Å²) in [6.45, 7) is 0.297. The SMILES string of the molecule is CC(=O)c1cc(-c2cnc(NCC3CC3)nc2[C@@H](CC(=O)Cn2nc(C(F)(F)F)c3c2C(F)(F)CCC3(F)F)Cc2cc(F)cc(F)c2)ccc1F. The normalized spacial score (nSPS) is 17.1. The highest BCUT2D eigenvalue weighted by Gasteiger charge is 2.57. The summed E-state index contributed by atoms with van der Waals surface area (Å²) in [6.07, 6.45) is -6.53. The van der Waals surface area contributed by atoms with Gasteiger partial charge in [-0.05, 0) is 67.5 Å². The molecule has 0 aliphatic heterocycles. The second-order valence-electron chi connectivity index (χ2n) is 13.1. The number of halogens is 10. The van der Waals surface area contributed by atoms with E-state index in [9.17, 15) is 44.7 Å². The Hall–Kier alpha value is -4.83. The maximum absolute atomic E-state index is 15.1. The summed E-state index contributed by atoms with van der Waals surface area (Å²) in [5.41, 5.74) is -5.94. The van der Waals surface area contributed by atoms with Crippen molar-refractivity contribution in [1.29, 1.82) is 0 Å². The Morgan fingerprint density at radius 3 is 2.29 bits per heavy atom. The average Bonchev–Trinajstić information content (AvgIpc) is 3.78. The molecule has 1 atom stereocenters. The molecule has 0 unspecified atom stereocenters. The number of ketones is 2. The summed E-state index contributed by atoms with van der Waals surface area (Å²) < 4.78 is 144. The minimum Gasteiger partial charge on any atom is -0.354 e. The summed E-state index contributed by atoms with van der Waals surface area (Å²) in [6, 6.07) is 6.01. The van der Waals surface area contributed by atoms with Crippen molar-refractivity contribution in [2.75, 3.05) is 11.9 Å². The molecule has 2 aliphatic rings. The molecule has 0 bridgehead atoms. The lowest BCUT2D eigenvalue weighted by Gasteiger charge is -2.29. The minimum atomic E-state index is -5.56. The van der Waals surface area contributed by atoms with Gasteiger partial charge in [0, 0.05) is 49.6 Å². The van der Waals surface area contributed by atoms with Crippen LogP contribution in [0.3, 0.4) is 0 Å². The van der Waals surface area contributed by atoms with Crippen molar-refractivity contribution in [1.82, 2.24) is 19.7 Å². The van der Waals surface area contributed by atoms with E-state index in [-0.39, 0.29) is 45.0 Å². The number of fused-ring (bicyclic) bond motifs is 1. The maximum Gasteiger partial charge on any atom is 0.435 e. The summed E-state index contributed by atoms with van der Waals surface area (Å²) in [7, 11) is 0. The number of hydrogen-bond acceptors (Lipinski definition) is 6. The van der Waals surface area contributed by atoms with Crippen LogP contribution in [0.25, 0.3) is 11.1 Å². The number of alkyl halides is 7. The zero-order chi connectivity index (χ0) is 37.7. The van der Waals surface area contributed by atoms with Gasteiger partial charge >= 0.3 is 6.18 Å².